The fraction of sp³-hybridized carbons (Fsp3) is 0.462. The van der Waals surface area contributed by atoms with Gasteiger partial charge in [0.15, 0.2) is 0 Å². The minimum absolute atomic E-state index is 0.363. The number of carbonyl (C=O) groups excluding carboxylic acids is 2. The first-order chi connectivity index (χ1) is 16.0. The number of halogens is 1. The molecule has 0 fully saturated rings. The molecular weight excluding hydrogens is 520 g/mol. The van der Waals surface area contributed by atoms with E-state index in [1.807, 2.05) is 0 Å². The number of hydrogen-bond donors (Lipinski definition) is 0. The van der Waals surface area contributed by atoms with Gasteiger partial charge in [-0.15, -0.1) is 22.7 Å². The summed E-state index contributed by atoms with van der Waals surface area (Å²) in [7, 11) is 0. The second-order valence-electron chi connectivity index (χ2n) is 8.03. The van der Waals surface area contributed by atoms with Gasteiger partial charge in [0.25, 0.3) is 0 Å². The molecule has 2 heterocycles. The SMILES string of the molecule is CCCCCCOC(=O)c1cc(-c2cc3sccc3s2)c(C(=O)OCCCCCC)cc1Br. The second-order valence-corrected chi connectivity index (χ2v) is 10.9. The molecule has 0 radical (unpaired) electrons. The Morgan fingerprint density at radius 2 is 1.45 bits per heavy atom. The topological polar surface area (TPSA) is 52.6 Å². The molecule has 0 aliphatic heterocycles. The predicted octanol–water partition coefficient (Wildman–Crippen LogP) is 8.87. The molecule has 0 aliphatic carbocycles. The van der Waals surface area contributed by atoms with E-state index in [2.05, 4.69) is 47.3 Å². The number of hydrogen-bond acceptors (Lipinski definition) is 6. The summed E-state index contributed by atoms with van der Waals surface area (Å²) in [5.41, 5.74) is 1.60. The first kappa shape index (κ1) is 25.9. The Kier molecular flexibility index (Phi) is 10.4. The fourth-order valence-electron chi connectivity index (χ4n) is 3.54. The van der Waals surface area contributed by atoms with Crippen LogP contribution in [0.3, 0.4) is 0 Å². The van der Waals surface area contributed by atoms with Crippen LogP contribution in [0.4, 0.5) is 0 Å². The maximum Gasteiger partial charge on any atom is 0.339 e. The van der Waals surface area contributed by atoms with Crippen LogP contribution in [0.15, 0.2) is 34.1 Å². The summed E-state index contributed by atoms with van der Waals surface area (Å²) in [5.74, 6) is -0.740. The van der Waals surface area contributed by atoms with Crippen molar-refractivity contribution < 1.29 is 19.1 Å². The van der Waals surface area contributed by atoms with E-state index in [0.29, 0.717) is 34.4 Å². The minimum Gasteiger partial charge on any atom is -0.462 e. The highest BCUT2D eigenvalue weighted by molar-refractivity contribution is 9.10. The lowest BCUT2D eigenvalue weighted by Gasteiger charge is -2.13. The maximum atomic E-state index is 13.0. The molecule has 0 saturated heterocycles. The van der Waals surface area contributed by atoms with Crippen molar-refractivity contribution in [2.75, 3.05) is 13.2 Å². The van der Waals surface area contributed by atoms with Gasteiger partial charge in [-0.2, -0.15) is 0 Å². The van der Waals surface area contributed by atoms with Crippen LogP contribution in [0.1, 0.15) is 85.9 Å². The van der Waals surface area contributed by atoms with Crippen LogP contribution in [0, 0.1) is 0 Å². The maximum absolute atomic E-state index is 13.0. The molecule has 3 aromatic rings. The smallest absolute Gasteiger partial charge is 0.339 e. The van der Waals surface area contributed by atoms with E-state index in [-0.39, 0.29) is 11.9 Å². The summed E-state index contributed by atoms with van der Waals surface area (Å²) in [6, 6.07) is 7.61. The van der Waals surface area contributed by atoms with Crippen molar-refractivity contribution in [3.05, 3.63) is 45.2 Å². The van der Waals surface area contributed by atoms with Crippen molar-refractivity contribution >= 4 is 59.9 Å². The lowest BCUT2D eigenvalue weighted by atomic mass is 10.0. The van der Waals surface area contributed by atoms with E-state index in [1.54, 1.807) is 34.8 Å². The number of thiophene rings is 2. The van der Waals surface area contributed by atoms with Crippen molar-refractivity contribution in [3.63, 3.8) is 0 Å². The molecule has 0 atom stereocenters. The molecule has 2 aromatic heterocycles. The third kappa shape index (κ3) is 7.14. The normalized spacial score (nSPS) is 11.1. The first-order valence-corrected chi connectivity index (χ1v) is 14.2. The third-order valence-electron chi connectivity index (χ3n) is 5.41. The zero-order valence-electron chi connectivity index (χ0n) is 19.3. The fourth-order valence-corrected chi connectivity index (χ4v) is 6.19. The Balaban J connectivity index is 1.84. The van der Waals surface area contributed by atoms with Crippen LogP contribution in [0.5, 0.6) is 0 Å². The van der Waals surface area contributed by atoms with E-state index in [0.717, 1.165) is 65.6 Å². The van der Waals surface area contributed by atoms with Gasteiger partial charge >= 0.3 is 11.9 Å². The number of benzene rings is 1. The summed E-state index contributed by atoms with van der Waals surface area (Å²) in [6.45, 7) is 5.10. The molecule has 0 saturated carbocycles. The van der Waals surface area contributed by atoms with Crippen LogP contribution in [0.25, 0.3) is 19.8 Å². The van der Waals surface area contributed by atoms with Crippen LogP contribution >= 0.6 is 38.6 Å². The Morgan fingerprint density at radius 3 is 2.06 bits per heavy atom. The highest BCUT2D eigenvalue weighted by Gasteiger charge is 2.22. The monoisotopic (exact) mass is 550 g/mol. The van der Waals surface area contributed by atoms with E-state index in [4.69, 9.17) is 9.47 Å². The van der Waals surface area contributed by atoms with Gasteiger partial charge in [0.05, 0.1) is 24.3 Å². The van der Waals surface area contributed by atoms with Gasteiger partial charge in [-0.1, -0.05) is 52.4 Å². The molecular formula is C26H31BrO4S2. The molecule has 33 heavy (non-hydrogen) atoms. The quantitative estimate of drug-likeness (QED) is 0.157. The molecule has 4 nitrogen and oxygen atoms in total. The lowest BCUT2D eigenvalue weighted by Crippen LogP contribution is -2.12. The summed E-state index contributed by atoms with van der Waals surface area (Å²) < 4.78 is 14.0. The van der Waals surface area contributed by atoms with E-state index < -0.39 is 0 Å². The molecule has 0 bridgehead atoms. The summed E-state index contributed by atoms with van der Waals surface area (Å²) in [5, 5.41) is 2.05. The Bertz CT molecular complexity index is 1040. The van der Waals surface area contributed by atoms with Crippen molar-refractivity contribution in [1.29, 1.82) is 0 Å². The average molecular weight is 552 g/mol. The van der Waals surface area contributed by atoms with Gasteiger partial charge in [0.2, 0.25) is 0 Å². The minimum atomic E-state index is -0.377. The summed E-state index contributed by atoms with van der Waals surface area (Å²) in [4.78, 5) is 26.7. The molecule has 7 heteroatoms. The van der Waals surface area contributed by atoms with Crippen molar-refractivity contribution in [3.8, 4) is 10.4 Å². The van der Waals surface area contributed by atoms with E-state index in [1.165, 1.54) is 0 Å². The highest BCUT2D eigenvalue weighted by atomic mass is 79.9. The van der Waals surface area contributed by atoms with E-state index in [9.17, 15) is 9.59 Å². The Labute approximate surface area is 212 Å². The van der Waals surface area contributed by atoms with Gasteiger partial charge in [-0.3, -0.25) is 0 Å². The number of esters is 2. The first-order valence-electron chi connectivity index (χ1n) is 11.7. The van der Waals surface area contributed by atoms with Crippen LogP contribution in [0.2, 0.25) is 0 Å². The summed E-state index contributed by atoms with van der Waals surface area (Å²) >= 11 is 6.76. The van der Waals surface area contributed by atoms with Gasteiger partial charge in [0.1, 0.15) is 0 Å². The molecule has 1 aromatic carbocycles. The van der Waals surface area contributed by atoms with Gasteiger partial charge in [-0.25, -0.2) is 9.59 Å². The Hall–Kier alpha value is -1.70. The van der Waals surface area contributed by atoms with Crippen LogP contribution in [-0.4, -0.2) is 25.2 Å². The van der Waals surface area contributed by atoms with Crippen molar-refractivity contribution in [1.82, 2.24) is 0 Å². The molecule has 0 N–H and O–H groups in total. The molecule has 178 valence electrons. The predicted molar refractivity (Wildman–Crippen MR) is 142 cm³/mol. The van der Waals surface area contributed by atoms with E-state index >= 15 is 0 Å². The lowest BCUT2D eigenvalue weighted by molar-refractivity contribution is 0.0483. The molecule has 3 rings (SSSR count). The van der Waals surface area contributed by atoms with Gasteiger partial charge < -0.3 is 9.47 Å². The van der Waals surface area contributed by atoms with Gasteiger partial charge in [0, 0.05) is 24.3 Å². The molecule has 0 aliphatic rings. The number of rotatable bonds is 13. The van der Waals surface area contributed by atoms with Crippen LogP contribution < -0.4 is 0 Å². The average Bonchev–Trinajstić information content (AvgIpc) is 3.41. The van der Waals surface area contributed by atoms with Crippen LogP contribution in [-0.2, 0) is 9.47 Å². The number of unbranched alkanes of at least 4 members (excludes halogenated alkanes) is 6. The molecule has 0 unspecified atom stereocenters. The van der Waals surface area contributed by atoms with Crippen molar-refractivity contribution in [2.24, 2.45) is 0 Å². The molecule has 0 spiro atoms. The second kappa shape index (κ2) is 13.3. The largest absolute Gasteiger partial charge is 0.462 e. The Morgan fingerprint density at radius 1 is 0.818 bits per heavy atom. The van der Waals surface area contributed by atoms with Crippen molar-refractivity contribution in [2.45, 2.75) is 65.2 Å². The number of carbonyl (C=O) groups is 2. The number of fused-ring (bicyclic) bond motifs is 1. The molecule has 0 amide bonds. The zero-order valence-corrected chi connectivity index (χ0v) is 22.5. The summed E-state index contributed by atoms with van der Waals surface area (Å²) in [6.07, 6.45) is 8.34. The number of ether oxygens (including phenoxy) is 2. The standard InChI is InChI=1S/C26H31BrO4S2/c1-3-5-7-9-12-30-25(28)19-16-21(27)20(26(29)31-13-10-8-6-4-2)15-18(19)23-17-24-22(33-23)11-14-32-24/h11,14-17H,3-10,12-13H2,1-2H3. The zero-order chi connectivity index (χ0) is 23.6. The highest BCUT2D eigenvalue weighted by Crippen LogP contribution is 2.39. The third-order valence-corrected chi connectivity index (χ3v) is 8.20. The van der Waals surface area contributed by atoms with Gasteiger partial charge in [-0.05, 0) is 58.4 Å².